The average Bonchev–Trinajstić information content (AvgIpc) is 2.53. The molecule has 3 amide bonds. The van der Waals surface area contributed by atoms with E-state index in [1.165, 1.54) is 0 Å². The van der Waals surface area contributed by atoms with Crippen LogP contribution < -0.4 is 10.6 Å². The normalized spacial score (nSPS) is 16.3. The Hall–Kier alpha value is -2.21. The minimum Gasteiger partial charge on any atom is -0.333 e. The van der Waals surface area contributed by atoms with E-state index in [4.69, 9.17) is 0 Å². The van der Waals surface area contributed by atoms with Gasteiger partial charge in [-0.15, -0.1) is 0 Å². The second-order valence-corrected chi connectivity index (χ2v) is 7.53. The standard InChI is InChI=1S/C19H27N3O3/c1-19(2,3)21-18(25)20-16(23)13-22-11-9-15(10-12-22)17(24)14-7-5-4-6-8-14/h4-8,15H,9-13H2,1-3H3,(H2,20,21,23,25). The molecule has 2 N–H and O–H groups in total. The second kappa shape index (κ2) is 8.25. The molecule has 1 aliphatic rings. The van der Waals surface area contributed by atoms with Crippen LogP contribution in [0.3, 0.4) is 0 Å². The van der Waals surface area contributed by atoms with Gasteiger partial charge < -0.3 is 5.32 Å². The summed E-state index contributed by atoms with van der Waals surface area (Å²) in [5, 5.41) is 5.04. The minimum absolute atomic E-state index is 0.00546. The maximum absolute atomic E-state index is 12.5. The van der Waals surface area contributed by atoms with Crippen LogP contribution in [-0.4, -0.2) is 47.8 Å². The maximum atomic E-state index is 12.5. The molecule has 0 saturated carbocycles. The smallest absolute Gasteiger partial charge is 0.321 e. The molecule has 0 aliphatic carbocycles. The summed E-state index contributed by atoms with van der Waals surface area (Å²) in [5.74, 6) is -0.144. The monoisotopic (exact) mass is 345 g/mol. The lowest BCUT2D eigenvalue weighted by Gasteiger charge is -2.30. The predicted molar refractivity (Wildman–Crippen MR) is 96.4 cm³/mol. The van der Waals surface area contributed by atoms with Gasteiger partial charge in [-0.3, -0.25) is 19.8 Å². The molecule has 0 unspecified atom stereocenters. The van der Waals surface area contributed by atoms with Crippen molar-refractivity contribution >= 4 is 17.7 Å². The molecule has 6 heteroatoms. The van der Waals surface area contributed by atoms with Crippen LogP contribution in [0, 0.1) is 5.92 Å². The summed E-state index contributed by atoms with van der Waals surface area (Å²) in [4.78, 5) is 38.1. The van der Waals surface area contributed by atoms with Crippen LogP contribution >= 0.6 is 0 Å². The summed E-state index contributed by atoms with van der Waals surface area (Å²) < 4.78 is 0. The van der Waals surface area contributed by atoms with E-state index in [9.17, 15) is 14.4 Å². The van der Waals surface area contributed by atoms with E-state index >= 15 is 0 Å². The summed E-state index contributed by atoms with van der Waals surface area (Å²) in [7, 11) is 0. The third kappa shape index (κ3) is 6.31. The Morgan fingerprint density at radius 3 is 2.24 bits per heavy atom. The first-order chi connectivity index (χ1) is 11.7. The first-order valence-corrected chi connectivity index (χ1v) is 8.68. The van der Waals surface area contributed by atoms with Crippen LogP contribution in [0.2, 0.25) is 0 Å². The molecule has 0 bridgehead atoms. The number of Topliss-reactive ketones (excluding diaryl/α,β-unsaturated/α-hetero) is 1. The Labute approximate surface area is 149 Å². The Morgan fingerprint density at radius 2 is 1.68 bits per heavy atom. The fraction of sp³-hybridized carbons (Fsp3) is 0.526. The number of ketones is 1. The number of nitrogens with zero attached hydrogens (tertiary/aromatic N) is 1. The number of nitrogens with one attached hydrogen (secondary N) is 2. The molecule has 6 nitrogen and oxygen atoms in total. The number of hydrogen-bond acceptors (Lipinski definition) is 4. The fourth-order valence-electron chi connectivity index (χ4n) is 2.93. The number of carbonyl (C=O) groups is 3. The average molecular weight is 345 g/mol. The van der Waals surface area contributed by atoms with Crippen molar-refractivity contribution in [2.45, 2.75) is 39.2 Å². The molecule has 1 saturated heterocycles. The molecule has 1 aromatic carbocycles. The van der Waals surface area contributed by atoms with E-state index in [0.29, 0.717) is 13.1 Å². The SMILES string of the molecule is CC(C)(C)NC(=O)NC(=O)CN1CCC(C(=O)c2ccccc2)CC1. The van der Waals surface area contributed by atoms with E-state index < -0.39 is 6.03 Å². The van der Waals surface area contributed by atoms with Crippen molar-refractivity contribution in [1.82, 2.24) is 15.5 Å². The highest BCUT2D eigenvalue weighted by atomic mass is 16.2. The van der Waals surface area contributed by atoms with Crippen molar-refractivity contribution in [3.8, 4) is 0 Å². The van der Waals surface area contributed by atoms with Gasteiger partial charge in [0.25, 0.3) is 0 Å². The van der Waals surface area contributed by atoms with Gasteiger partial charge in [0, 0.05) is 17.0 Å². The van der Waals surface area contributed by atoms with Gasteiger partial charge in [-0.1, -0.05) is 30.3 Å². The molecular weight excluding hydrogens is 318 g/mol. The summed E-state index contributed by atoms with van der Waals surface area (Å²) in [6, 6.07) is 8.84. The number of urea groups is 1. The van der Waals surface area contributed by atoms with E-state index in [2.05, 4.69) is 10.6 Å². The van der Waals surface area contributed by atoms with Gasteiger partial charge in [0.05, 0.1) is 6.54 Å². The van der Waals surface area contributed by atoms with E-state index in [0.717, 1.165) is 18.4 Å². The Morgan fingerprint density at radius 1 is 1.08 bits per heavy atom. The Balaban J connectivity index is 1.76. The first-order valence-electron chi connectivity index (χ1n) is 8.68. The van der Waals surface area contributed by atoms with Crippen LogP contribution in [0.1, 0.15) is 44.0 Å². The maximum Gasteiger partial charge on any atom is 0.321 e. The molecule has 0 atom stereocenters. The molecule has 0 radical (unpaired) electrons. The van der Waals surface area contributed by atoms with Crippen molar-refractivity contribution in [3.05, 3.63) is 35.9 Å². The van der Waals surface area contributed by atoms with Gasteiger partial charge in [0.2, 0.25) is 5.91 Å². The van der Waals surface area contributed by atoms with Crippen LogP contribution in [0.4, 0.5) is 4.79 Å². The van der Waals surface area contributed by atoms with E-state index in [1.807, 2.05) is 56.0 Å². The lowest BCUT2D eigenvalue weighted by molar-refractivity contribution is -0.121. The largest absolute Gasteiger partial charge is 0.333 e. The Bertz CT molecular complexity index is 615. The third-order valence-corrected chi connectivity index (χ3v) is 4.13. The Kier molecular flexibility index (Phi) is 6.31. The van der Waals surface area contributed by atoms with Crippen molar-refractivity contribution in [2.24, 2.45) is 5.92 Å². The van der Waals surface area contributed by atoms with E-state index in [-0.39, 0.29) is 29.7 Å². The quantitative estimate of drug-likeness (QED) is 0.820. The molecule has 25 heavy (non-hydrogen) atoms. The number of hydrogen-bond donors (Lipinski definition) is 2. The van der Waals surface area contributed by atoms with Gasteiger partial charge in [-0.2, -0.15) is 0 Å². The molecule has 0 aromatic heterocycles. The topological polar surface area (TPSA) is 78.5 Å². The van der Waals surface area contributed by atoms with Gasteiger partial charge in [-0.25, -0.2) is 4.79 Å². The molecule has 0 spiro atoms. The van der Waals surface area contributed by atoms with Crippen molar-refractivity contribution < 1.29 is 14.4 Å². The fourth-order valence-corrected chi connectivity index (χ4v) is 2.93. The van der Waals surface area contributed by atoms with Gasteiger partial charge in [0.15, 0.2) is 5.78 Å². The molecule has 2 rings (SSSR count). The zero-order valence-electron chi connectivity index (χ0n) is 15.2. The van der Waals surface area contributed by atoms with Crippen LogP contribution in [-0.2, 0) is 4.79 Å². The molecule has 1 aromatic rings. The summed E-state index contributed by atoms with van der Waals surface area (Å²) in [6.07, 6.45) is 1.46. The zero-order valence-corrected chi connectivity index (χ0v) is 15.2. The number of imide groups is 1. The molecule has 136 valence electrons. The number of amides is 3. The summed E-state index contributed by atoms with van der Waals surface area (Å²) >= 11 is 0. The summed E-state index contributed by atoms with van der Waals surface area (Å²) in [6.45, 7) is 7.08. The van der Waals surface area contributed by atoms with Crippen molar-refractivity contribution in [1.29, 1.82) is 0 Å². The van der Waals surface area contributed by atoms with Gasteiger partial charge in [0.1, 0.15) is 0 Å². The number of rotatable bonds is 4. The number of benzene rings is 1. The van der Waals surface area contributed by atoms with Crippen molar-refractivity contribution in [3.63, 3.8) is 0 Å². The zero-order chi connectivity index (χ0) is 18.4. The molecule has 1 fully saturated rings. The lowest BCUT2D eigenvalue weighted by atomic mass is 9.89. The number of piperidine rings is 1. The molecular formula is C19H27N3O3. The van der Waals surface area contributed by atoms with Crippen LogP contribution in [0.25, 0.3) is 0 Å². The second-order valence-electron chi connectivity index (χ2n) is 7.53. The van der Waals surface area contributed by atoms with Crippen LogP contribution in [0.15, 0.2) is 30.3 Å². The van der Waals surface area contributed by atoms with Gasteiger partial charge >= 0.3 is 6.03 Å². The highest BCUT2D eigenvalue weighted by Crippen LogP contribution is 2.21. The first kappa shape index (κ1) is 19.1. The molecule has 1 aliphatic heterocycles. The predicted octanol–water partition coefficient (Wildman–Crippen LogP) is 2.21. The minimum atomic E-state index is -0.480. The highest BCUT2D eigenvalue weighted by molar-refractivity contribution is 5.98. The third-order valence-electron chi connectivity index (χ3n) is 4.13. The van der Waals surface area contributed by atoms with Crippen molar-refractivity contribution in [2.75, 3.05) is 19.6 Å². The summed E-state index contributed by atoms with van der Waals surface area (Å²) in [5.41, 5.74) is 0.359. The number of likely N-dealkylation sites (tertiary alicyclic amines) is 1. The van der Waals surface area contributed by atoms with E-state index in [1.54, 1.807) is 0 Å². The lowest BCUT2D eigenvalue weighted by Crippen LogP contribution is -2.51. The molecule has 1 heterocycles. The van der Waals surface area contributed by atoms with Gasteiger partial charge in [-0.05, 0) is 46.7 Å². The van der Waals surface area contributed by atoms with Crippen LogP contribution in [0.5, 0.6) is 0 Å². The number of carbonyl (C=O) groups excluding carboxylic acids is 3. The highest BCUT2D eigenvalue weighted by Gasteiger charge is 2.27.